The highest BCUT2D eigenvalue weighted by molar-refractivity contribution is 6.40. The molecule has 0 spiro atoms. The number of fused-ring (bicyclic) bond motifs is 2. The molecule has 0 aliphatic carbocycles. The molecule has 28 nitrogen and oxygen atoms in total. The summed E-state index contributed by atoms with van der Waals surface area (Å²) >= 11 is 27.9. The Kier molecular flexibility index (Phi) is 24.4. The minimum absolute atomic E-state index is 0.0145. The van der Waals surface area contributed by atoms with E-state index in [2.05, 4.69) is 51.8 Å². The van der Waals surface area contributed by atoms with E-state index in [0.29, 0.717) is 194 Å². The zero-order chi connectivity index (χ0) is 77.6. The number of methoxy groups -OCH3 is 2. The number of nitrogens with one attached hydrogen (secondary N) is 6. The number of piperidine rings is 2. The molecule has 14 rings (SSSR count). The number of imidazole rings is 2. The fraction of sp³-hybridized carbons (Fsp3) is 0.410. The number of carbonyl (C=O) groups is 8. The number of rotatable bonds is 20. The van der Waals surface area contributed by atoms with Gasteiger partial charge in [0.2, 0.25) is 47.2 Å². The number of amides is 8. The topological polar surface area (TPSA) is 327 Å². The molecule has 576 valence electrons. The summed E-state index contributed by atoms with van der Waals surface area (Å²) in [7, 11) is 6.71. The quantitative estimate of drug-likeness (QED) is 0.0414. The average molecular weight is 1580 g/mol. The third-order valence-electron chi connectivity index (χ3n) is 21.2. The summed E-state index contributed by atoms with van der Waals surface area (Å²) in [5.41, 5.74) is 9.79. The van der Waals surface area contributed by atoms with Crippen LogP contribution in [-0.4, -0.2) is 185 Å². The first-order valence-corrected chi connectivity index (χ1v) is 38.3. The minimum atomic E-state index is -0.454. The van der Waals surface area contributed by atoms with Gasteiger partial charge < -0.3 is 70.1 Å². The Morgan fingerprint density at radius 2 is 0.918 bits per heavy atom. The fourth-order valence-electron chi connectivity index (χ4n) is 15.2. The SMILES string of the molecule is COc1nc(-c2ccnc(-c3cccc(NC(=O)c4nc5c(n4C)CCN(C(=O)[C@H]4CCCN(C(C)=O)C4)C5)c3Cl)c2Cl)ccc1CNC[C@@H]1CCC(=O)N1.COc1nc(-c2ccnc(-c3cccc(NC(=O)c4nc5c(n4C)CCN(C(=O)[C@H]4CCCN(C(C)=O)C4)C5)c3Cl)c2Cl)ccc1CNC[C@@H]1CCC(=O)N1. The van der Waals surface area contributed by atoms with Gasteiger partial charge in [-0.15, -0.1) is 0 Å². The standard InChI is InChI=1S/2C39H43Cl2N9O5/c2*1-22(51)49-16-5-6-24(20-49)39(54)50-17-14-31-30(21-50)45-36(48(31)2)37(53)46-29-8-4-7-27(33(29)40)35-34(41)26(13-15-43-35)28-11-9-23(38(47-28)55-3)18-42-19-25-10-12-32(52)44-25/h2*4,7-9,11,13,15,24-25,42H,5-6,10,12,14,16-21H2,1-3H3,(H,44,52)(H,46,53)/t2*24-,25-/m00/s1. The average Bonchev–Trinajstić information content (AvgIpc) is 1.27. The zero-order valence-corrected chi connectivity index (χ0v) is 64.9. The number of ether oxygens (including phenoxy) is 2. The predicted octanol–water partition coefficient (Wildman–Crippen LogP) is 9.25. The Balaban J connectivity index is 0.000000193. The van der Waals surface area contributed by atoms with Gasteiger partial charge in [0, 0.05) is 188 Å². The molecule has 8 aromatic rings. The van der Waals surface area contributed by atoms with Crippen molar-refractivity contribution in [2.24, 2.45) is 25.9 Å². The fourth-order valence-corrected chi connectivity index (χ4v) is 16.4. The molecule has 110 heavy (non-hydrogen) atoms. The third kappa shape index (κ3) is 17.1. The number of likely N-dealkylation sites (tertiary alicyclic amines) is 2. The van der Waals surface area contributed by atoms with E-state index >= 15 is 0 Å². The lowest BCUT2D eigenvalue weighted by Gasteiger charge is -2.35. The van der Waals surface area contributed by atoms with Crippen LogP contribution in [0.25, 0.3) is 45.0 Å². The third-order valence-corrected chi connectivity index (χ3v) is 22.7. The van der Waals surface area contributed by atoms with Crippen molar-refractivity contribution >= 4 is 105 Å². The molecule has 4 atom stereocenters. The molecule has 12 heterocycles. The van der Waals surface area contributed by atoms with Crippen LogP contribution in [0.15, 0.2) is 85.2 Å². The first-order valence-electron chi connectivity index (χ1n) is 36.8. The second kappa shape index (κ2) is 34.4. The van der Waals surface area contributed by atoms with E-state index in [1.54, 1.807) is 118 Å². The highest BCUT2D eigenvalue weighted by atomic mass is 35.5. The lowest BCUT2D eigenvalue weighted by atomic mass is 9.95. The molecule has 0 radical (unpaired) electrons. The predicted molar refractivity (Wildman–Crippen MR) is 415 cm³/mol. The van der Waals surface area contributed by atoms with Crippen LogP contribution >= 0.6 is 46.4 Å². The van der Waals surface area contributed by atoms with Crippen LogP contribution in [0.5, 0.6) is 11.8 Å². The summed E-state index contributed by atoms with van der Waals surface area (Å²) in [5.74, 6) is 0.0386. The second-order valence-corrected chi connectivity index (χ2v) is 29.8. The number of halogens is 4. The van der Waals surface area contributed by atoms with E-state index in [1.807, 2.05) is 24.3 Å². The summed E-state index contributed by atoms with van der Waals surface area (Å²) in [4.78, 5) is 136. The number of anilines is 2. The van der Waals surface area contributed by atoms with Crippen molar-refractivity contribution in [3.63, 3.8) is 0 Å². The molecule has 4 fully saturated rings. The van der Waals surface area contributed by atoms with Gasteiger partial charge in [-0.1, -0.05) is 82.8 Å². The van der Waals surface area contributed by atoms with Gasteiger partial charge in [0.25, 0.3) is 11.8 Å². The van der Waals surface area contributed by atoms with Gasteiger partial charge in [-0.05, 0) is 74.9 Å². The second-order valence-electron chi connectivity index (χ2n) is 28.3. The number of hydrogen-bond donors (Lipinski definition) is 6. The van der Waals surface area contributed by atoms with Crippen LogP contribution in [0, 0.1) is 11.8 Å². The molecule has 4 saturated heterocycles. The summed E-state index contributed by atoms with van der Waals surface area (Å²) in [6.07, 6.45) is 10.2. The zero-order valence-electron chi connectivity index (χ0n) is 61.9. The van der Waals surface area contributed by atoms with Gasteiger partial charge in [0.05, 0.1) is 105 Å². The number of benzene rings is 2. The summed E-state index contributed by atoms with van der Waals surface area (Å²) in [6, 6.07) is 21.8. The lowest BCUT2D eigenvalue weighted by Crippen LogP contribution is -2.47. The monoisotopic (exact) mass is 1570 g/mol. The largest absolute Gasteiger partial charge is 0.481 e. The van der Waals surface area contributed by atoms with Crippen molar-refractivity contribution in [1.29, 1.82) is 0 Å². The van der Waals surface area contributed by atoms with Crippen LogP contribution in [-0.2, 0) is 81.9 Å². The van der Waals surface area contributed by atoms with Crippen LogP contribution in [0.3, 0.4) is 0 Å². The highest BCUT2D eigenvalue weighted by Gasteiger charge is 2.37. The van der Waals surface area contributed by atoms with Crippen molar-refractivity contribution in [3.05, 3.63) is 151 Å². The molecule has 8 amide bonds. The Morgan fingerprint density at radius 1 is 0.500 bits per heavy atom. The molecule has 6 N–H and O–H groups in total. The molecule has 6 aliphatic heterocycles. The first kappa shape index (κ1) is 78.0. The highest BCUT2D eigenvalue weighted by Crippen LogP contribution is 2.43. The van der Waals surface area contributed by atoms with E-state index < -0.39 is 11.8 Å². The molecule has 0 bridgehead atoms. The molecule has 2 aromatic carbocycles. The Hall–Kier alpha value is -10.1. The molecule has 0 unspecified atom stereocenters. The number of nitrogens with zero attached hydrogens (tertiary/aromatic N) is 12. The van der Waals surface area contributed by atoms with E-state index in [9.17, 15) is 38.4 Å². The van der Waals surface area contributed by atoms with Gasteiger partial charge in [-0.25, -0.2) is 19.9 Å². The van der Waals surface area contributed by atoms with Crippen molar-refractivity contribution in [1.82, 2.24) is 79.9 Å². The molecule has 32 heteroatoms. The smallest absolute Gasteiger partial charge is 0.291 e. The summed E-state index contributed by atoms with van der Waals surface area (Å²) in [5, 5.41) is 19.6. The van der Waals surface area contributed by atoms with Crippen LogP contribution in [0.2, 0.25) is 20.1 Å². The van der Waals surface area contributed by atoms with E-state index in [-0.39, 0.29) is 81.1 Å². The van der Waals surface area contributed by atoms with E-state index in [1.165, 1.54) is 13.8 Å². The normalized spacial score (nSPS) is 18.2. The molecular weight excluding hydrogens is 1490 g/mol. The number of pyridine rings is 4. The Labute approximate surface area is 656 Å². The summed E-state index contributed by atoms with van der Waals surface area (Å²) < 4.78 is 14.8. The molecule has 6 aliphatic rings. The van der Waals surface area contributed by atoms with Gasteiger partial charge >= 0.3 is 0 Å². The first-order chi connectivity index (χ1) is 53.0. The maximum Gasteiger partial charge on any atom is 0.291 e. The Bertz CT molecular complexity index is 4620. The van der Waals surface area contributed by atoms with Gasteiger partial charge in [0.15, 0.2) is 11.6 Å². The number of aromatic nitrogens is 8. The van der Waals surface area contributed by atoms with Gasteiger partial charge in [-0.3, -0.25) is 48.3 Å². The van der Waals surface area contributed by atoms with Gasteiger partial charge in [-0.2, -0.15) is 0 Å². The minimum Gasteiger partial charge on any atom is -0.481 e. The molecule has 6 aromatic heterocycles. The van der Waals surface area contributed by atoms with Crippen LogP contribution < -0.4 is 41.4 Å². The van der Waals surface area contributed by atoms with E-state index in [4.69, 9.17) is 65.8 Å². The molecule has 0 saturated carbocycles. The van der Waals surface area contributed by atoms with Crippen molar-refractivity contribution in [2.75, 3.05) is 77.2 Å². The number of carbonyl (C=O) groups excluding carboxylic acids is 8. The Morgan fingerprint density at radius 3 is 1.30 bits per heavy atom. The lowest BCUT2D eigenvalue weighted by molar-refractivity contribution is -0.142. The van der Waals surface area contributed by atoms with E-state index in [0.717, 1.165) is 61.0 Å². The van der Waals surface area contributed by atoms with Crippen LogP contribution in [0.4, 0.5) is 11.4 Å². The summed E-state index contributed by atoms with van der Waals surface area (Å²) in [6.45, 7) is 9.20. The van der Waals surface area contributed by atoms with Crippen molar-refractivity contribution in [2.45, 2.75) is 116 Å². The molecular formula is C78H86Cl4N18O10. The van der Waals surface area contributed by atoms with Crippen molar-refractivity contribution in [3.8, 4) is 56.8 Å². The van der Waals surface area contributed by atoms with Crippen molar-refractivity contribution < 1.29 is 47.8 Å². The maximum atomic E-state index is 13.7. The maximum absolute atomic E-state index is 13.7. The van der Waals surface area contributed by atoms with Crippen LogP contribution in [0.1, 0.15) is 120 Å². The van der Waals surface area contributed by atoms with Gasteiger partial charge in [0.1, 0.15) is 0 Å². The number of hydrogen-bond acceptors (Lipinski definition) is 18.